The number of nitrogens with one attached hydrogen (secondary N) is 1. The van der Waals surface area contributed by atoms with Crippen LogP contribution in [-0.4, -0.2) is 6.54 Å². The van der Waals surface area contributed by atoms with Crippen molar-refractivity contribution in [3.8, 4) is 0 Å². The van der Waals surface area contributed by atoms with Crippen LogP contribution in [0.25, 0.3) is 0 Å². The molecule has 0 aliphatic heterocycles. The second kappa shape index (κ2) is 5.43. The molecule has 1 nitrogen and oxygen atoms in total. The van der Waals surface area contributed by atoms with E-state index in [1.54, 1.807) is 6.07 Å². The lowest BCUT2D eigenvalue weighted by atomic mass is 10.2. The summed E-state index contributed by atoms with van der Waals surface area (Å²) in [4.78, 5) is 0. The number of allylic oxidation sites excluding steroid dienone is 1. The first kappa shape index (κ1) is 10.8. The van der Waals surface area contributed by atoms with Crippen molar-refractivity contribution < 1.29 is 4.39 Å². The molecule has 0 saturated carbocycles. The van der Waals surface area contributed by atoms with Crippen LogP contribution in [0.1, 0.15) is 18.4 Å². The van der Waals surface area contributed by atoms with Gasteiger partial charge in [-0.1, -0.05) is 12.1 Å². The fourth-order valence-electron chi connectivity index (χ4n) is 1.25. The Morgan fingerprint density at radius 3 is 3.00 bits per heavy atom. The van der Waals surface area contributed by atoms with Crippen LogP contribution in [0.5, 0.6) is 0 Å². The van der Waals surface area contributed by atoms with Crippen LogP contribution in [0.2, 0.25) is 0 Å². The molecule has 0 amide bonds. The van der Waals surface area contributed by atoms with E-state index in [2.05, 4.69) is 11.9 Å². The SMILES string of the molecule is C=CCCCNc1cc(F)ccc1C. The predicted octanol–water partition coefficient (Wildman–Crippen LogP) is 3.51. The highest BCUT2D eigenvalue weighted by Gasteiger charge is 1.98. The lowest BCUT2D eigenvalue weighted by molar-refractivity contribution is 0.627. The van der Waals surface area contributed by atoms with Crippen LogP contribution in [-0.2, 0) is 0 Å². The molecule has 1 aromatic carbocycles. The Balaban J connectivity index is 2.49. The number of anilines is 1. The van der Waals surface area contributed by atoms with E-state index in [1.165, 1.54) is 12.1 Å². The van der Waals surface area contributed by atoms with Gasteiger partial charge in [0, 0.05) is 12.2 Å². The molecule has 1 rings (SSSR count). The van der Waals surface area contributed by atoms with E-state index >= 15 is 0 Å². The number of benzene rings is 1. The van der Waals surface area contributed by atoms with Crippen LogP contribution >= 0.6 is 0 Å². The Morgan fingerprint density at radius 1 is 1.50 bits per heavy atom. The molecule has 0 aliphatic rings. The Morgan fingerprint density at radius 2 is 2.29 bits per heavy atom. The van der Waals surface area contributed by atoms with E-state index in [-0.39, 0.29) is 5.82 Å². The van der Waals surface area contributed by atoms with Crippen molar-refractivity contribution in [3.05, 3.63) is 42.2 Å². The van der Waals surface area contributed by atoms with Gasteiger partial charge < -0.3 is 5.32 Å². The monoisotopic (exact) mass is 193 g/mol. The molecular formula is C12H16FN. The Kier molecular flexibility index (Phi) is 4.17. The molecule has 1 aromatic rings. The van der Waals surface area contributed by atoms with Gasteiger partial charge in [-0.15, -0.1) is 6.58 Å². The van der Waals surface area contributed by atoms with Gasteiger partial charge in [0.05, 0.1) is 0 Å². The number of unbranched alkanes of at least 4 members (excludes halogenated alkanes) is 1. The van der Waals surface area contributed by atoms with E-state index in [4.69, 9.17) is 0 Å². The van der Waals surface area contributed by atoms with Crippen molar-refractivity contribution in [3.63, 3.8) is 0 Å². The highest BCUT2D eigenvalue weighted by atomic mass is 19.1. The summed E-state index contributed by atoms with van der Waals surface area (Å²) in [5, 5.41) is 3.20. The first-order valence-corrected chi connectivity index (χ1v) is 4.85. The Hall–Kier alpha value is -1.31. The lowest BCUT2D eigenvalue weighted by Gasteiger charge is -2.08. The number of halogens is 1. The van der Waals surface area contributed by atoms with Crippen molar-refractivity contribution in [1.82, 2.24) is 0 Å². The first-order chi connectivity index (χ1) is 6.74. The summed E-state index contributed by atoms with van der Waals surface area (Å²) in [5.74, 6) is -0.193. The van der Waals surface area contributed by atoms with Crippen LogP contribution in [0, 0.1) is 12.7 Å². The lowest BCUT2D eigenvalue weighted by Crippen LogP contribution is -2.02. The standard InChI is InChI=1S/C12H16FN/c1-3-4-5-8-14-12-9-11(13)7-6-10(12)2/h3,6-7,9,14H,1,4-5,8H2,2H3. The molecule has 0 atom stereocenters. The zero-order valence-corrected chi connectivity index (χ0v) is 8.52. The van der Waals surface area contributed by atoms with Gasteiger partial charge in [0.2, 0.25) is 0 Å². The van der Waals surface area contributed by atoms with Gasteiger partial charge in [0.1, 0.15) is 5.82 Å². The highest BCUT2D eigenvalue weighted by Crippen LogP contribution is 2.15. The normalized spacial score (nSPS) is 9.86. The van der Waals surface area contributed by atoms with E-state index in [0.29, 0.717) is 0 Å². The zero-order chi connectivity index (χ0) is 10.4. The van der Waals surface area contributed by atoms with Gasteiger partial charge in [-0.3, -0.25) is 0 Å². The maximum Gasteiger partial charge on any atom is 0.125 e. The smallest absolute Gasteiger partial charge is 0.125 e. The molecular weight excluding hydrogens is 177 g/mol. The Bertz CT molecular complexity index is 307. The van der Waals surface area contributed by atoms with Crippen molar-refractivity contribution in [1.29, 1.82) is 0 Å². The third-order valence-electron chi connectivity index (χ3n) is 2.10. The summed E-state index contributed by atoms with van der Waals surface area (Å²) < 4.78 is 12.9. The molecule has 76 valence electrons. The van der Waals surface area contributed by atoms with Crippen molar-refractivity contribution in [2.75, 3.05) is 11.9 Å². The van der Waals surface area contributed by atoms with Crippen LogP contribution in [0.15, 0.2) is 30.9 Å². The van der Waals surface area contributed by atoms with E-state index < -0.39 is 0 Å². The summed E-state index contributed by atoms with van der Waals surface area (Å²) in [6, 6.07) is 4.79. The van der Waals surface area contributed by atoms with Gasteiger partial charge in [-0.2, -0.15) is 0 Å². The van der Waals surface area contributed by atoms with Crippen molar-refractivity contribution in [2.24, 2.45) is 0 Å². The second-order valence-corrected chi connectivity index (χ2v) is 3.32. The highest BCUT2D eigenvalue weighted by molar-refractivity contribution is 5.50. The zero-order valence-electron chi connectivity index (χ0n) is 8.52. The molecule has 14 heavy (non-hydrogen) atoms. The summed E-state index contributed by atoms with van der Waals surface area (Å²) in [5.41, 5.74) is 1.96. The molecule has 0 fully saturated rings. The van der Waals surface area contributed by atoms with Crippen molar-refractivity contribution in [2.45, 2.75) is 19.8 Å². The minimum atomic E-state index is -0.193. The van der Waals surface area contributed by atoms with E-state index in [1.807, 2.05) is 13.0 Å². The molecule has 0 saturated heterocycles. The third kappa shape index (κ3) is 3.21. The number of rotatable bonds is 5. The first-order valence-electron chi connectivity index (χ1n) is 4.85. The molecule has 0 aromatic heterocycles. The minimum Gasteiger partial charge on any atom is -0.385 e. The molecule has 0 bridgehead atoms. The number of hydrogen-bond acceptors (Lipinski definition) is 1. The molecule has 0 spiro atoms. The van der Waals surface area contributed by atoms with Crippen LogP contribution in [0.3, 0.4) is 0 Å². The van der Waals surface area contributed by atoms with Crippen molar-refractivity contribution >= 4 is 5.69 Å². The fraction of sp³-hybridized carbons (Fsp3) is 0.333. The molecule has 0 aliphatic carbocycles. The third-order valence-corrected chi connectivity index (χ3v) is 2.10. The topological polar surface area (TPSA) is 12.0 Å². The maximum absolute atomic E-state index is 12.9. The maximum atomic E-state index is 12.9. The number of aryl methyl sites for hydroxylation is 1. The average molecular weight is 193 g/mol. The second-order valence-electron chi connectivity index (χ2n) is 3.32. The molecule has 1 N–H and O–H groups in total. The molecule has 0 unspecified atom stereocenters. The van der Waals surface area contributed by atoms with Gasteiger partial charge >= 0.3 is 0 Å². The van der Waals surface area contributed by atoms with E-state index in [0.717, 1.165) is 30.6 Å². The van der Waals surface area contributed by atoms with E-state index in [9.17, 15) is 4.39 Å². The summed E-state index contributed by atoms with van der Waals surface area (Å²) >= 11 is 0. The Labute approximate surface area is 84.6 Å². The molecule has 0 heterocycles. The predicted molar refractivity (Wildman–Crippen MR) is 59.1 cm³/mol. The number of hydrogen-bond donors (Lipinski definition) is 1. The van der Waals surface area contributed by atoms with Crippen LogP contribution < -0.4 is 5.32 Å². The van der Waals surface area contributed by atoms with Gasteiger partial charge in [-0.25, -0.2) is 4.39 Å². The van der Waals surface area contributed by atoms with Gasteiger partial charge in [0.25, 0.3) is 0 Å². The minimum absolute atomic E-state index is 0.193. The van der Waals surface area contributed by atoms with Gasteiger partial charge in [0.15, 0.2) is 0 Å². The van der Waals surface area contributed by atoms with Gasteiger partial charge in [-0.05, 0) is 37.5 Å². The largest absolute Gasteiger partial charge is 0.385 e. The van der Waals surface area contributed by atoms with Crippen LogP contribution in [0.4, 0.5) is 10.1 Å². The average Bonchev–Trinajstić information content (AvgIpc) is 2.18. The summed E-state index contributed by atoms with van der Waals surface area (Å²) in [7, 11) is 0. The summed E-state index contributed by atoms with van der Waals surface area (Å²) in [6.45, 7) is 6.47. The fourth-order valence-corrected chi connectivity index (χ4v) is 1.25. The quantitative estimate of drug-likeness (QED) is 0.557. The molecule has 0 radical (unpaired) electrons. The molecule has 2 heteroatoms. The summed E-state index contributed by atoms with van der Waals surface area (Å²) in [6.07, 6.45) is 3.90.